The third-order valence-electron chi connectivity index (χ3n) is 2.69. The second kappa shape index (κ2) is 6.36. The first kappa shape index (κ1) is 14.3. The highest BCUT2D eigenvalue weighted by Gasteiger charge is 2.21. The van der Waals surface area contributed by atoms with Gasteiger partial charge in [0.25, 0.3) is 0 Å². The number of carbonyl (C=O) groups excluding carboxylic acids is 1. The van der Waals surface area contributed by atoms with Crippen molar-refractivity contribution < 1.29 is 14.7 Å². The van der Waals surface area contributed by atoms with Gasteiger partial charge in [-0.25, -0.2) is 9.78 Å². The van der Waals surface area contributed by atoms with Gasteiger partial charge in [0.1, 0.15) is 9.88 Å². The highest BCUT2D eigenvalue weighted by molar-refractivity contribution is 7.99. The highest BCUT2D eigenvalue weighted by Crippen LogP contribution is 2.17. The highest BCUT2D eigenvalue weighted by atomic mass is 32.2. The van der Waals surface area contributed by atoms with Gasteiger partial charge in [0.2, 0.25) is 5.91 Å². The van der Waals surface area contributed by atoms with Crippen molar-refractivity contribution in [3.05, 3.63) is 15.6 Å². The molecule has 1 aliphatic rings. The molecule has 1 atom stereocenters. The SMILES string of the molecule is Cc1nc(CNC(=O)C2CSCCN2)sc1C(=O)O. The van der Waals surface area contributed by atoms with Crippen molar-refractivity contribution in [2.75, 3.05) is 18.1 Å². The summed E-state index contributed by atoms with van der Waals surface area (Å²) in [6.45, 7) is 2.77. The first-order chi connectivity index (χ1) is 9.08. The number of aryl methyl sites for hydroxylation is 1. The van der Waals surface area contributed by atoms with E-state index in [0.717, 1.165) is 29.4 Å². The number of carboxylic acid groups (broad SMARTS) is 1. The molecule has 1 aromatic heterocycles. The number of carboxylic acids is 1. The summed E-state index contributed by atoms with van der Waals surface area (Å²) in [7, 11) is 0. The average molecular weight is 301 g/mol. The molecule has 104 valence electrons. The van der Waals surface area contributed by atoms with Gasteiger partial charge in [-0.15, -0.1) is 11.3 Å². The lowest BCUT2D eigenvalue weighted by atomic mass is 10.3. The van der Waals surface area contributed by atoms with Crippen LogP contribution in [-0.4, -0.2) is 46.1 Å². The van der Waals surface area contributed by atoms with Crippen LogP contribution in [0.15, 0.2) is 0 Å². The van der Waals surface area contributed by atoms with E-state index in [4.69, 9.17) is 5.11 Å². The van der Waals surface area contributed by atoms with Crippen molar-refractivity contribution in [1.29, 1.82) is 0 Å². The molecule has 6 nitrogen and oxygen atoms in total. The van der Waals surface area contributed by atoms with Crippen LogP contribution in [0.2, 0.25) is 0 Å². The minimum atomic E-state index is -0.974. The number of hydrogen-bond acceptors (Lipinski definition) is 6. The molecule has 0 saturated carbocycles. The largest absolute Gasteiger partial charge is 0.477 e. The van der Waals surface area contributed by atoms with E-state index in [0.29, 0.717) is 10.7 Å². The van der Waals surface area contributed by atoms with Crippen molar-refractivity contribution in [3.63, 3.8) is 0 Å². The van der Waals surface area contributed by atoms with Gasteiger partial charge >= 0.3 is 5.97 Å². The minimum absolute atomic E-state index is 0.0584. The number of carbonyl (C=O) groups is 2. The monoisotopic (exact) mass is 301 g/mol. The number of aromatic carboxylic acids is 1. The van der Waals surface area contributed by atoms with Gasteiger partial charge in [0.15, 0.2) is 0 Å². The summed E-state index contributed by atoms with van der Waals surface area (Å²) in [4.78, 5) is 27.1. The van der Waals surface area contributed by atoms with E-state index in [1.807, 2.05) is 0 Å². The lowest BCUT2D eigenvalue weighted by molar-refractivity contribution is -0.122. The fourth-order valence-corrected chi connectivity index (χ4v) is 3.52. The van der Waals surface area contributed by atoms with Crippen LogP contribution in [0.4, 0.5) is 0 Å². The summed E-state index contributed by atoms with van der Waals surface area (Å²) in [6.07, 6.45) is 0. The van der Waals surface area contributed by atoms with Crippen LogP contribution in [-0.2, 0) is 11.3 Å². The molecule has 0 aromatic carbocycles. The molecular formula is C11H15N3O3S2. The van der Waals surface area contributed by atoms with Crippen LogP contribution in [0.5, 0.6) is 0 Å². The standard InChI is InChI=1S/C11H15N3O3S2/c1-6-9(11(16)17)19-8(14-6)4-13-10(15)7-5-18-3-2-12-7/h7,12H,2-5H2,1H3,(H,13,15)(H,16,17). The lowest BCUT2D eigenvalue weighted by Gasteiger charge is -2.21. The maximum atomic E-state index is 11.9. The average Bonchev–Trinajstić information content (AvgIpc) is 2.78. The van der Waals surface area contributed by atoms with Crippen molar-refractivity contribution in [3.8, 4) is 0 Å². The molecular weight excluding hydrogens is 286 g/mol. The van der Waals surface area contributed by atoms with Crippen LogP contribution in [0.3, 0.4) is 0 Å². The fourth-order valence-electron chi connectivity index (χ4n) is 1.75. The smallest absolute Gasteiger partial charge is 0.347 e. The Morgan fingerprint density at radius 2 is 2.37 bits per heavy atom. The maximum absolute atomic E-state index is 11.9. The van der Waals surface area contributed by atoms with Crippen molar-refractivity contribution >= 4 is 35.0 Å². The zero-order valence-electron chi connectivity index (χ0n) is 10.4. The number of thioether (sulfide) groups is 1. The van der Waals surface area contributed by atoms with E-state index in [1.165, 1.54) is 0 Å². The molecule has 1 aromatic rings. The van der Waals surface area contributed by atoms with Gasteiger partial charge in [0.05, 0.1) is 18.3 Å². The Morgan fingerprint density at radius 3 is 2.95 bits per heavy atom. The first-order valence-corrected chi connectivity index (χ1v) is 7.83. The van der Waals surface area contributed by atoms with Gasteiger partial charge in [-0.3, -0.25) is 4.79 Å². The molecule has 0 bridgehead atoms. The molecule has 1 amide bonds. The topological polar surface area (TPSA) is 91.3 Å². The number of thiazole rings is 1. The summed E-state index contributed by atoms with van der Waals surface area (Å²) in [5.41, 5.74) is 0.494. The Bertz CT molecular complexity index is 484. The number of hydrogen-bond donors (Lipinski definition) is 3. The van der Waals surface area contributed by atoms with Crippen LogP contribution >= 0.6 is 23.1 Å². The lowest BCUT2D eigenvalue weighted by Crippen LogP contribution is -2.48. The quantitative estimate of drug-likeness (QED) is 0.749. The van der Waals surface area contributed by atoms with E-state index in [2.05, 4.69) is 15.6 Å². The summed E-state index contributed by atoms with van der Waals surface area (Å²) >= 11 is 2.85. The summed E-state index contributed by atoms with van der Waals surface area (Å²) in [6, 6.07) is -0.168. The Kier molecular flexibility index (Phi) is 4.78. The number of rotatable bonds is 4. The van der Waals surface area contributed by atoms with Gasteiger partial charge in [-0.2, -0.15) is 11.8 Å². The molecule has 19 heavy (non-hydrogen) atoms. The Morgan fingerprint density at radius 1 is 1.58 bits per heavy atom. The molecule has 1 saturated heterocycles. The Labute approximate surface area is 119 Å². The van der Waals surface area contributed by atoms with Crippen LogP contribution in [0, 0.1) is 6.92 Å². The fraction of sp³-hybridized carbons (Fsp3) is 0.545. The number of nitrogens with zero attached hydrogens (tertiary/aromatic N) is 1. The molecule has 2 rings (SSSR count). The van der Waals surface area contributed by atoms with Gasteiger partial charge < -0.3 is 15.7 Å². The Hall–Kier alpha value is -1.12. The molecule has 0 spiro atoms. The molecule has 8 heteroatoms. The van der Waals surface area contributed by atoms with E-state index >= 15 is 0 Å². The summed E-state index contributed by atoms with van der Waals surface area (Å²) in [5.74, 6) is 0.760. The van der Waals surface area contributed by atoms with Crippen LogP contribution in [0.1, 0.15) is 20.4 Å². The van der Waals surface area contributed by atoms with Crippen molar-refractivity contribution in [2.45, 2.75) is 19.5 Å². The summed E-state index contributed by atoms with van der Waals surface area (Å²) < 4.78 is 0. The van der Waals surface area contributed by atoms with E-state index < -0.39 is 5.97 Å². The molecule has 2 heterocycles. The second-order valence-corrected chi connectivity index (χ2v) is 6.36. The second-order valence-electron chi connectivity index (χ2n) is 4.13. The molecule has 1 aliphatic heterocycles. The van der Waals surface area contributed by atoms with Gasteiger partial charge in [0, 0.05) is 18.1 Å². The number of aromatic nitrogens is 1. The van der Waals surface area contributed by atoms with E-state index in [1.54, 1.807) is 18.7 Å². The Balaban J connectivity index is 1.89. The zero-order valence-corrected chi connectivity index (χ0v) is 12.1. The predicted molar refractivity (Wildman–Crippen MR) is 74.8 cm³/mol. The van der Waals surface area contributed by atoms with Gasteiger partial charge in [-0.1, -0.05) is 0 Å². The summed E-state index contributed by atoms with van der Waals surface area (Å²) in [5, 5.41) is 15.5. The van der Waals surface area contributed by atoms with E-state index in [-0.39, 0.29) is 23.4 Å². The van der Waals surface area contributed by atoms with Crippen molar-refractivity contribution in [2.24, 2.45) is 0 Å². The molecule has 0 aliphatic carbocycles. The maximum Gasteiger partial charge on any atom is 0.347 e. The van der Waals surface area contributed by atoms with E-state index in [9.17, 15) is 9.59 Å². The third-order valence-corrected chi connectivity index (χ3v) is 4.89. The van der Waals surface area contributed by atoms with Gasteiger partial charge in [-0.05, 0) is 6.92 Å². The zero-order chi connectivity index (χ0) is 13.8. The normalized spacial score (nSPS) is 19.1. The minimum Gasteiger partial charge on any atom is -0.477 e. The number of amides is 1. The molecule has 0 radical (unpaired) electrons. The first-order valence-electron chi connectivity index (χ1n) is 5.86. The van der Waals surface area contributed by atoms with Crippen molar-refractivity contribution in [1.82, 2.24) is 15.6 Å². The molecule has 1 unspecified atom stereocenters. The molecule has 3 N–H and O–H groups in total. The van der Waals surface area contributed by atoms with Crippen LogP contribution < -0.4 is 10.6 Å². The molecule has 1 fully saturated rings. The third kappa shape index (κ3) is 3.68. The number of nitrogens with one attached hydrogen (secondary N) is 2. The van der Waals surface area contributed by atoms with Crippen LogP contribution in [0.25, 0.3) is 0 Å². The predicted octanol–water partition coefficient (Wildman–Crippen LogP) is 0.471.